The molecule has 0 aromatic carbocycles. The first-order chi connectivity index (χ1) is 9.26. The van der Waals surface area contributed by atoms with E-state index in [0.29, 0.717) is 6.42 Å². The Morgan fingerprint density at radius 3 is 3.00 bits per heavy atom. The Hall–Kier alpha value is -1.31. The lowest BCUT2D eigenvalue weighted by atomic mass is 9.98. The summed E-state index contributed by atoms with van der Waals surface area (Å²) in [7, 11) is 1.77. The topological polar surface area (TPSA) is 81.7 Å². The van der Waals surface area contributed by atoms with Crippen LogP contribution >= 0.6 is 11.3 Å². The summed E-state index contributed by atoms with van der Waals surface area (Å²) in [5, 5.41) is 12.1. The first kappa shape index (κ1) is 12.7. The molecule has 19 heavy (non-hydrogen) atoms. The molecule has 0 radical (unpaired) electrons. The lowest BCUT2D eigenvalue weighted by Crippen LogP contribution is -2.29. The van der Waals surface area contributed by atoms with Crippen molar-refractivity contribution in [2.75, 3.05) is 0 Å². The average Bonchev–Trinajstić information content (AvgIpc) is 3.01. The molecule has 3 N–H and O–H groups in total. The van der Waals surface area contributed by atoms with E-state index < -0.39 is 0 Å². The minimum absolute atomic E-state index is 0.0693. The highest BCUT2D eigenvalue weighted by molar-refractivity contribution is 7.12. The molecule has 1 aliphatic carbocycles. The summed E-state index contributed by atoms with van der Waals surface area (Å²) in [5.74, 6) is 6.41. The second-order valence-corrected chi connectivity index (χ2v) is 6.09. The number of fused-ring (bicyclic) bond motifs is 1. The van der Waals surface area contributed by atoms with E-state index in [1.54, 1.807) is 7.05 Å². The van der Waals surface area contributed by atoms with Crippen LogP contribution < -0.4 is 11.3 Å². The summed E-state index contributed by atoms with van der Waals surface area (Å²) >= 11 is 1.87. The van der Waals surface area contributed by atoms with Gasteiger partial charge in [-0.3, -0.25) is 11.3 Å². The van der Waals surface area contributed by atoms with Crippen molar-refractivity contribution in [1.29, 1.82) is 0 Å². The first-order valence-electron chi connectivity index (χ1n) is 6.56. The fourth-order valence-electron chi connectivity index (χ4n) is 2.51. The lowest BCUT2D eigenvalue weighted by molar-refractivity contribution is 0.543. The fraction of sp³-hybridized carbons (Fsp3) is 0.583. The minimum atomic E-state index is 0.0693. The minimum Gasteiger partial charge on any atom is -0.271 e. The summed E-state index contributed by atoms with van der Waals surface area (Å²) in [5.41, 5.74) is 4.38. The third-order valence-corrected chi connectivity index (χ3v) is 4.85. The molecule has 3 rings (SSSR count). The Balaban J connectivity index is 1.79. The molecule has 0 fully saturated rings. The molecule has 1 unspecified atom stereocenters. The Kier molecular flexibility index (Phi) is 3.58. The zero-order valence-corrected chi connectivity index (χ0v) is 11.8. The highest BCUT2D eigenvalue weighted by Crippen LogP contribution is 2.33. The van der Waals surface area contributed by atoms with E-state index in [-0.39, 0.29) is 6.04 Å². The molecule has 2 heterocycles. The molecule has 0 amide bonds. The number of nitrogens with two attached hydrogens (primary N) is 1. The van der Waals surface area contributed by atoms with Gasteiger partial charge in [-0.05, 0) is 42.5 Å². The monoisotopic (exact) mass is 278 g/mol. The van der Waals surface area contributed by atoms with Crippen molar-refractivity contribution in [3.8, 4) is 0 Å². The maximum absolute atomic E-state index is 5.69. The fourth-order valence-corrected chi connectivity index (χ4v) is 3.83. The number of hydrazine groups is 1. The second-order valence-electron chi connectivity index (χ2n) is 4.92. The van der Waals surface area contributed by atoms with Gasteiger partial charge >= 0.3 is 0 Å². The van der Waals surface area contributed by atoms with Gasteiger partial charge in [0.05, 0.1) is 13.1 Å². The normalized spacial score (nSPS) is 16.3. The molecule has 0 saturated carbocycles. The molecule has 6 nitrogen and oxygen atoms in total. The van der Waals surface area contributed by atoms with Crippen LogP contribution in [-0.4, -0.2) is 20.2 Å². The number of tetrazole rings is 1. The van der Waals surface area contributed by atoms with Gasteiger partial charge in [0.25, 0.3) is 0 Å². The Bertz CT molecular complexity index is 537. The largest absolute Gasteiger partial charge is 0.271 e. The molecule has 1 aliphatic rings. The molecule has 2 aromatic rings. The zero-order chi connectivity index (χ0) is 13.2. The molecular weight excluding hydrogens is 260 g/mol. The third-order valence-electron chi connectivity index (χ3n) is 3.50. The lowest BCUT2D eigenvalue weighted by Gasteiger charge is -2.11. The van der Waals surface area contributed by atoms with E-state index in [1.807, 2.05) is 11.3 Å². The number of nitrogens with one attached hydrogen (secondary N) is 1. The van der Waals surface area contributed by atoms with E-state index in [0.717, 1.165) is 5.82 Å². The molecular formula is C12H18N6S. The quantitative estimate of drug-likeness (QED) is 0.641. The van der Waals surface area contributed by atoms with E-state index in [2.05, 4.69) is 26.9 Å². The van der Waals surface area contributed by atoms with Gasteiger partial charge in [0.1, 0.15) is 0 Å². The molecule has 7 heteroatoms. The van der Waals surface area contributed by atoms with E-state index in [1.165, 1.54) is 45.8 Å². The van der Waals surface area contributed by atoms with Gasteiger partial charge in [-0.1, -0.05) is 0 Å². The Labute approximate surface area is 116 Å². The van der Waals surface area contributed by atoms with E-state index >= 15 is 0 Å². The van der Waals surface area contributed by atoms with Crippen molar-refractivity contribution in [1.82, 2.24) is 25.6 Å². The Morgan fingerprint density at radius 1 is 1.47 bits per heavy atom. The number of rotatable bonds is 4. The predicted octanol–water partition coefficient (Wildman–Crippen LogP) is 0.897. The molecule has 2 aromatic heterocycles. The summed E-state index contributed by atoms with van der Waals surface area (Å²) < 4.78 is 0. The van der Waals surface area contributed by atoms with Crippen LogP contribution in [0.2, 0.25) is 0 Å². The average molecular weight is 278 g/mol. The van der Waals surface area contributed by atoms with Crippen molar-refractivity contribution in [2.45, 2.75) is 38.1 Å². The van der Waals surface area contributed by atoms with Crippen molar-refractivity contribution in [3.63, 3.8) is 0 Å². The highest BCUT2D eigenvalue weighted by atomic mass is 32.1. The van der Waals surface area contributed by atoms with Crippen LogP contribution in [-0.2, 0) is 26.3 Å². The molecule has 0 saturated heterocycles. The number of hydrogen-bond acceptors (Lipinski definition) is 6. The zero-order valence-electron chi connectivity index (χ0n) is 11.0. The van der Waals surface area contributed by atoms with Crippen LogP contribution in [0.3, 0.4) is 0 Å². The van der Waals surface area contributed by atoms with Gasteiger partial charge in [-0.15, -0.1) is 21.5 Å². The van der Waals surface area contributed by atoms with Crippen LogP contribution in [0.5, 0.6) is 0 Å². The standard InChI is InChI=1S/C12H18N6S/c1-18-16-12(15-17-18)7-9(14-13)11-6-8-4-2-3-5-10(8)19-11/h6,9,14H,2-5,7,13H2,1H3. The predicted molar refractivity (Wildman–Crippen MR) is 73.5 cm³/mol. The maximum atomic E-state index is 5.69. The summed E-state index contributed by atoms with van der Waals surface area (Å²) in [6.45, 7) is 0. The van der Waals surface area contributed by atoms with E-state index in [4.69, 9.17) is 5.84 Å². The number of thiophene rings is 1. The van der Waals surface area contributed by atoms with E-state index in [9.17, 15) is 0 Å². The van der Waals surface area contributed by atoms with Crippen molar-refractivity contribution < 1.29 is 0 Å². The summed E-state index contributed by atoms with van der Waals surface area (Å²) in [6.07, 6.45) is 5.69. The third kappa shape index (κ3) is 2.68. The number of aromatic nitrogens is 4. The summed E-state index contributed by atoms with van der Waals surface area (Å²) in [6, 6.07) is 2.36. The van der Waals surface area contributed by atoms with Crippen LogP contribution in [0.1, 0.15) is 40.0 Å². The summed E-state index contributed by atoms with van der Waals surface area (Å²) in [4.78, 5) is 4.28. The molecule has 102 valence electrons. The van der Waals surface area contributed by atoms with Gasteiger partial charge in [-0.25, -0.2) is 0 Å². The van der Waals surface area contributed by atoms with Crippen molar-refractivity contribution in [3.05, 3.63) is 27.2 Å². The smallest absolute Gasteiger partial charge is 0.176 e. The molecule has 0 aliphatic heterocycles. The van der Waals surface area contributed by atoms with Gasteiger partial charge in [0, 0.05) is 16.2 Å². The number of aryl methyl sites for hydroxylation is 3. The maximum Gasteiger partial charge on any atom is 0.176 e. The molecule has 0 bridgehead atoms. The van der Waals surface area contributed by atoms with Gasteiger partial charge in [0.15, 0.2) is 5.82 Å². The number of hydrogen-bond donors (Lipinski definition) is 2. The van der Waals surface area contributed by atoms with Crippen LogP contribution in [0.15, 0.2) is 6.07 Å². The SMILES string of the molecule is Cn1nnc(CC(NN)c2cc3c(s2)CCCC3)n1. The first-order valence-corrected chi connectivity index (χ1v) is 7.38. The van der Waals surface area contributed by atoms with Crippen molar-refractivity contribution >= 4 is 11.3 Å². The van der Waals surface area contributed by atoms with Crippen LogP contribution in [0.25, 0.3) is 0 Å². The molecule has 1 atom stereocenters. The molecule has 0 spiro atoms. The van der Waals surface area contributed by atoms with Crippen molar-refractivity contribution in [2.24, 2.45) is 12.9 Å². The van der Waals surface area contributed by atoms with Gasteiger partial charge < -0.3 is 0 Å². The number of nitrogens with zero attached hydrogens (tertiary/aromatic N) is 4. The highest BCUT2D eigenvalue weighted by Gasteiger charge is 2.20. The van der Waals surface area contributed by atoms with Gasteiger partial charge in [0.2, 0.25) is 0 Å². The van der Waals surface area contributed by atoms with Gasteiger partial charge in [-0.2, -0.15) is 4.80 Å². The van der Waals surface area contributed by atoms with Crippen LogP contribution in [0.4, 0.5) is 0 Å². The second kappa shape index (κ2) is 5.36. The Morgan fingerprint density at radius 2 is 2.32 bits per heavy atom. The van der Waals surface area contributed by atoms with Crippen LogP contribution in [0, 0.1) is 0 Å².